The Hall–Kier alpha value is -3.80. The van der Waals surface area contributed by atoms with Crippen LogP contribution < -0.4 is 21.3 Å². The fourth-order valence-electron chi connectivity index (χ4n) is 14.4. The van der Waals surface area contributed by atoms with Crippen molar-refractivity contribution >= 4 is 23.6 Å². The van der Waals surface area contributed by atoms with E-state index in [1.54, 1.807) is 0 Å². The van der Waals surface area contributed by atoms with Gasteiger partial charge in [-0.1, -0.05) is 0 Å². The molecule has 0 spiro atoms. The number of ether oxygens (including phenoxy) is 17. The van der Waals surface area contributed by atoms with Crippen LogP contribution in [0.15, 0.2) is 0 Å². The van der Waals surface area contributed by atoms with Gasteiger partial charge in [-0.25, -0.2) is 0 Å². The lowest BCUT2D eigenvalue weighted by molar-refractivity contribution is -0.399. The van der Waals surface area contributed by atoms with Gasteiger partial charge in [-0.2, -0.15) is 0 Å². The summed E-state index contributed by atoms with van der Waals surface area (Å²) in [7, 11) is 0. The zero-order valence-corrected chi connectivity index (χ0v) is 60.1. The Bertz CT molecular complexity index is 2970. The van der Waals surface area contributed by atoms with Crippen LogP contribution in [0.3, 0.4) is 0 Å². The first-order valence-electron chi connectivity index (χ1n) is 35.6. The Morgan fingerprint density at radius 2 is 0.518 bits per heavy atom. The molecule has 9 rings (SSSR count). The number of nitrogens with one attached hydrogen (secondary N) is 4. The summed E-state index contributed by atoms with van der Waals surface area (Å²) in [5.41, 5.74) is 0. The second-order valence-electron chi connectivity index (χ2n) is 28.2. The van der Waals surface area contributed by atoms with E-state index in [4.69, 9.17) is 80.5 Å². The largest absolute Gasteiger partial charge is 0.394 e. The summed E-state index contributed by atoms with van der Waals surface area (Å²) in [6.07, 6.45) is -87.2. The molecule has 9 fully saturated rings. The minimum Gasteiger partial charge on any atom is -0.394 e. The maximum absolute atomic E-state index is 13.0. The first-order chi connectivity index (χ1) is 53.0. The molecule has 29 N–H and O–H groups in total. The van der Waals surface area contributed by atoms with Crippen molar-refractivity contribution in [2.24, 2.45) is 0 Å². The highest BCUT2D eigenvalue weighted by molar-refractivity contribution is 5.74. The number of rotatable bonds is 29. The Labute approximate surface area is 634 Å². The summed E-state index contributed by atoms with van der Waals surface area (Å²) in [4.78, 5) is 50.4. The molecule has 0 aromatic heterocycles. The molecule has 112 heavy (non-hydrogen) atoms. The van der Waals surface area contributed by atoms with Crippen LogP contribution in [0.25, 0.3) is 0 Å². The third-order valence-corrected chi connectivity index (χ3v) is 20.3. The highest BCUT2D eigenvalue weighted by atomic mass is 16.8. The molecule has 0 radical (unpaired) electrons. The van der Waals surface area contributed by atoms with Gasteiger partial charge in [0.25, 0.3) is 0 Å². The maximum Gasteiger partial charge on any atom is 0.217 e. The average Bonchev–Trinajstić information content (AvgIpc) is 0.764. The molecule has 648 valence electrons. The van der Waals surface area contributed by atoms with Crippen LogP contribution in [-0.2, 0) is 99.7 Å². The predicted molar refractivity (Wildman–Crippen MR) is 343 cm³/mol. The van der Waals surface area contributed by atoms with Crippen molar-refractivity contribution in [2.75, 3.05) is 59.5 Å². The van der Waals surface area contributed by atoms with Gasteiger partial charge in [0, 0.05) is 27.7 Å². The number of aliphatic hydroxyl groups excluding tert-OH is 25. The lowest BCUT2D eigenvalue weighted by Gasteiger charge is -2.51. The zero-order valence-electron chi connectivity index (χ0n) is 60.1. The van der Waals surface area contributed by atoms with E-state index in [-0.39, 0.29) is 0 Å². The minimum atomic E-state index is -2.58. The van der Waals surface area contributed by atoms with Gasteiger partial charge in [0.1, 0.15) is 219 Å². The first kappa shape index (κ1) is 92.1. The van der Waals surface area contributed by atoms with Crippen molar-refractivity contribution in [1.29, 1.82) is 0 Å². The molecule has 4 amide bonds. The van der Waals surface area contributed by atoms with E-state index in [0.717, 1.165) is 27.7 Å². The molecule has 50 nitrogen and oxygen atoms in total. The van der Waals surface area contributed by atoms with E-state index in [1.807, 2.05) is 0 Å². The SMILES string of the molecule is CC(=O)N[C@@H]1[C@@H](O)[C@H](O[C@@H]2O[C@H](CO)[C@@H](O[C@@H]3O[C@H](CO[C@H]4O[C@H](CO[C@H]5O[C@H](CO)[C@@H](O)[C@H](O)[C@@H]5O)[C@@H](O[C@@H]5O[C@H](CO)[C@@H](O)[C@H](O)[C@H]5NC(C)=O)[C@H](O[C@H]5O[C@H](CO)[C@@H](O)[C@H](O)[C@@H]5O)[C@@H]4O)[C@@H](O)[C@H](O[C@H]4O[C@H](CO)[C@@H](O)[C@H](O)[C@@H]4O[C@@H]4O[C@H](CO)[C@@H](O)[C@H](O)[C@H]4NC(C)=O)[C@@H]3O)[C@H](O)[C@H]2NC(C)=O)[C@@H](CO)O[C@H]1O. The van der Waals surface area contributed by atoms with Crippen molar-refractivity contribution in [3.63, 3.8) is 0 Å². The number of carbonyl (C=O) groups excluding carboxylic acids is 4. The fourth-order valence-corrected chi connectivity index (χ4v) is 14.4. The van der Waals surface area contributed by atoms with Crippen molar-refractivity contribution in [1.82, 2.24) is 21.3 Å². The summed E-state index contributed by atoms with van der Waals surface area (Å²) in [6, 6.07) is -7.26. The van der Waals surface area contributed by atoms with Crippen LogP contribution in [0, 0.1) is 0 Å². The lowest BCUT2D eigenvalue weighted by atomic mass is 9.93. The topological polar surface area (TPSA) is 779 Å². The van der Waals surface area contributed by atoms with E-state index in [1.165, 1.54) is 0 Å². The number of hydrogen-bond donors (Lipinski definition) is 29. The maximum atomic E-state index is 13.0. The molecule has 50 heteroatoms. The van der Waals surface area contributed by atoms with Gasteiger partial charge in [0.05, 0.1) is 59.5 Å². The van der Waals surface area contributed by atoms with Crippen LogP contribution >= 0.6 is 0 Å². The Morgan fingerprint density at radius 1 is 0.232 bits per heavy atom. The Morgan fingerprint density at radius 3 is 0.982 bits per heavy atom. The van der Waals surface area contributed by atoms with Crippen molar-refractivity contribution in [2.45, 2.75) is 304 Å². The minimum absolute atomic E-state index is 0.793. The van der Waals surface area contributed by atoms with E-state index in [0.29, 0.717) is 0 Å². The van der Waals surface area contributed by atoms with Crippen LogP contribution in [0.2, 0.25) is 0 Å². The van der Waals surface area contributed by atoms with Crippen LogP contribution in [0.5, 0.6) is 0 Å². The van der Waals surface area contributed by atoms with E-state index < -0.39 is 359 Å². The molecule has 0 aromatic carbocycles. The highest BCUT2D eigenvalue weighted by Gasteiger charge is 2.61. The third kappa shape index (κ3) is 20.4. The van der Waals surface area contributed by atoms with Crippen LogP contribution in [0.1, 0.15) is 27.7 Å². The normalized spacial score (nSPS) is 48.9. The number of carbonyl (C=O) groups is 4. The Kier molecular flexibility index (Phi) is 33.1. The second kappa shape index (κ2) is 40.3. The van der Waals surface area contributed by atoms with Crippen molar-refractivity contribution in [3.8, 4) is 0 Å². The lowest BCUT2D eigenvalue weighted by Crippen LogP contribution is -2.70. The number of aliphatic hydroxyl groups is 25. The zero-order chi connectivity index (χ0) is 82.5. The van der Waals surface area contributed by atoms with Gasteiger partial charge in [-0.3, -0.25) is 19.2 Å². The molecule has 0 bridgehead atoms. The standard InChI is InChI=1S/C62H104N4O46/c1-14(74)63-27-39(86)48(23(10-72)98-54(27)95)107-57-30(66-17(4)77)40(87)49(24(11-73)104-57)108-61-46(93)51(110-62-53(43(90)35(82)22(9-71)103-62)112-56-29(65-16(3)76)38(85)32(79)19(6-68)100-56)36(83)25(105-61)12-96-59-47(94)52(111-60-45(92)42(89)34(81)21(8-70)102-60)50(109-55-28(64-15(2)75)37(84)31(78)18(5-67)99-55)26(106-59)13-97-58-44(91)41(88)33(80)20(7-69)101-58/h18-62,67-73,78-95H,5-13H2,1-4H3,(H,63,74)(H,64,75)(H,65,76)(H,66,77)/t18-,19-,20-,21-,22-,23-,24-,25-,26-,27-,28-,29-,30-,31-,32-,33-,34-,35-,36-,37-,38-,39-,40-,41+,42+,43+,44+,45+,46+,47+,48-,49-,50-,51+,52-,53+,54-,55+,56+,57+,58+,59+,60-,61+,62-/m1/s1. The molecule has 45 atom stereocenters. The molecule has 0 unspecified atom stereocenters. The van der Waals surface area contributed by atoms with Gasteiger partial charge in [-0.05, 0) is 0 Å². The van der Waals surface area contributed by atoms with Gasteiger partial charge in [0.15, 0.2) is 56.6 Å². The summed E-state index contributed by atoms with van der Waals surface area (Å²) < 4.78 is 102. The van der Waals surface area contributed by atoms with Gasteiger partial charge in [0.2, 0.25) is 23.6 Å². The number of hydrogen-bond acceptors (Lipinski definition) is 46. The fraction of sp³-hybridized carbons (Fsp3) is 0.935. The quantitative estimate of drug-likeness (QED) is 0.0331. The smallest absolute Gasteiger partial charge is 0.217 e. The molecule has 9 aliphatic rings. The molecule has 9 heterocycles. The van der Waals surface area contributed by atoms with Crippen molar-refractivity contribution < 1.29 is 227 Å². The molecule has 0 aliphatic carbocycles. The van der Waals surface area contributed by atoms with Crippen LogP contribution in [-0.4, -0.2) is 487 Å². The predicted octanol–water partition coefficient (Wildman–Crippen LogP) is -20.1. The summed E-state index contributed by atoms with van der Waals surface area (Å²) >= 11 is 0. The molecule has 0 saturated carbocycles. The van der Waals surface area contributed by atoms with E-state index >= 15 is 0 Å². The molecule has 9 aliphatic heterocycles. The summed E-state index contributed by atoms with van der Waals surface area (Å²) in [5.74, 6) is -3.54. The second-order valence-corrected chi connectivity index (χ2v) is 28.2. The molecular weight excluding hydrogens is 1540 g/mol. The summed E-state index contributed by atoms with van der Waals surface area (Å²) in [6.45, 7) is -6.11. The van der Waals surface area contributed by atoms with Crippen LogP contribution in [0.4, 0.5) is 0 Å². The summed E-state index contributed by atoms with van der Waals surface area (Å²) in [5, 5.41) is 288. The number of amides is 4. The monoisotopic (exact) mass is 1640 g/mol. The van der Waals surface area contributed by atoms with E-state index in [2.05, 4.69) is 21.3 Å². The van der Waals surface area contributed by atoms with E-state index in [9.17, 15) is 147 Å². The first-order valence-corrected chi connectivity index (χ1v) is 35.6. The van der Waals surface area contributed by atoms with Gasteiger partial charge >= 0.3 is 0 Å². The van der Waals surface area contributed by atoms with Gasteiger partial charge < -0.3 is 229 Å². The molecular formula is C62H104N4O46. The van der Waals surface area contributed by atoms with Crippen molar-refractivity contribution in [3.05, 3.63) is 0 Å². The molecule has 9 saturated heterocycles. The average molecular weight is 1640 g/mol. The van der Waals surface area contributed by atoms with Gasteiger partial charge in [-0.15, -0.1) is 0 Å². The third-order valence-electron chi connectivity index (χ3n) is 20.3. The Balaban J connectivity index is 1.11. The highest BCUT2D eigenvalue weighted by Crippen LogP contribution is 2.40. The molecule has 0 aromatic rings.